The van der Waals surface area contributed by atoms with Crippen LogP contribution in [0.15, 0.2) is 0 Å². The van der Waals surface area contributed by atoms with Gasteiger partial charge in [-0.25, -0.2) is 0 Å². The van der Waals surface area contributed by atoms with Gasteiger partial charge in [-0.2, -0.15) is 0 Å². The molecule has 0 unspecified atom stereocenters. The second-order valence-electron chi connectivity index (χ2n) is 6.08. The van der Waals surface area contributed by atoms with E-state index < -0.39 is 0 Å². The van der Waals surface area contributed by atoms with E-state index >= 15 is 0 Å². The Balaban J connectivity index is 1.80. The first-order valence-corrected chi connectivity index (χ1v) is 8.66. The van der Waals surface area contributed by atoms with Crippen molar-refractivity contribution in [3.63, 3.8) is 0 Å². The third-order valence-electron chi connectivity index (χ3n) is 4.28. The van der Waals surface area contributed by atoms with Gasteiger partial charge in [0.2, 0.25) is 0 Å². The molecule has 1 heterocycles. The minimum atomic E-state index is 1.37. The Labute approximate surface area is 115 Å². The average Bonchev–Trinajstić information content (AvgIpc) is 2.65. The van der Waals surface area contributed by atoms with Crippen LogP contribution >= 0.6 is 0 Å². The van der Waals surface area contributed by atoms with E-state index in [9.17, 15) is 0 Å². The van der Waals surface area contributed by atoms with Crippen LogP contribution in [-0.2, 0) is 0 Å². The molecule has 1 rings (SSSR count). The molecule has 0 N–H and O–H groups in total. The predicted octanol–water partition coefficient (Wildman–Crippen LogP) is 5.39. The highest BCUT2D eigenvalue weighted by Gasteiger charge is 2.07. The summed E-state index contributed by atoms with van der Waals surface area (Å²) in [5.74, 6) is 0. The molecule has 1 aliphatic rings. The summed E-state index contributed by atoms with van der Waals surface area (Å²) in [7, 11) is 0. The molecule has 0 atom stereocenters. The molecule has 1 saturated heterocycles. The van der Waals surface area contributed by atoms with E-state index in [4.69, 9.17) is 0 Å². The zero-order valence-electron chi connectivity index (χ0n) is 12.8. The Morgan fingerprint density at radius 3 is 1.67 bits per heavy atom. The summed E-state index contributed by atoms with van der Waals surface area (Å²) >= 11 is 0. The Kier molecular flexibility index (Phi) is 10.7. The Hall–Kier alpha value is -0.0400. The molecule has 1 heteroatoms. The molecule has 0 amide bonds. The molecule has 0 radical (unpaired) electrons. The van der Waals surface area contributed by atoms with Crippen LogP contribution in [0, 0.1) is 0 Å². The molecule has 0 aromatic heterocycles. The van der Waals surface area contributed by atoms with Gasteiger partial charge in [0, 0.05) is 0 Å². The van der Waals surface area contributed by atoms with Crippen molar-refractivity contribution < 1.29 is 0 Å². The summed E-state index contributed by atoms with van der Waals surface area (Å²) in [4.78, 5) is 2.70. The van der Waals surface area contributed by atoms with Crippen molar-refractivity contribution in [1.82, 2.24) is 4.90 Å². The SMILES string of the molecule is CCCCCCCCCCCN1CCCCCC1. The van der Waals surface area contributed by atoms with Crippen LogP contribution in [0.1, 0.15) is 90.4 Å². The van der Waals surface area contributed by atoms with Crippen molar-refractivity contribution in [2.45, 2.75) is 90.4 Å². The van der Waals surface area contributed by atoms with E-state index in [-0.39, 0.29) is 0 Å². The van der Waals surface area contributed by atoms with Crippen molar-refractivity contribution in [1.29, 1.82) is 0 Å². The molecular weight excluding hydrogens is 218 g/mol. The van der Waals surface area contributed by atoms with Gasteiger partial charge in [0.1, 0.15) is 0 Å². The smallest absolute Gasteiger partial charge is 0.00187 e. The highest BCUT2D eigenvalue weighted by atomic mass is 15.1. The summed E-state index contributed by atoms with van der Waals surface area (Å²) < 4.78 is 0. The zero-order chi connectivity index (χ0) is 12.9. The molecule has 1 aliphatic heterocycles. The Bertz CT molecular complexity index is 159. The fraction of sp³-hybridized carbons (Fsp3) is 1.00. The van der Waals surface area contributed by atoms with Gasteiger partial charge in [0.15, 0.2) is 0 Å². The zero-order valence-corrected chi connectivity index (χ0v) is 12.8. The van der Waals surface area contributed by atoms with E-state index in [0.29, 0.717) is 0 Å². The lowest BCUT2D eigenvalue weighted by atomic mass is 10.1. The molecule has 1 fully saturated rings. The molecule has 0 saturated carbocycles. The van der Waals surface area contributed by atoms with E-state index in [1.54, 1.807) is 0 Å². The van der Waals surface area contributed by atoms with Crippen LogP contribution in [0.4, 0.5) is 0 Å². The first-order valence-electron chi connectivity index (χ1n) is 8.66. The summed E-state index contributed by atoms with van der Waals surface area (Å²) in [5.41, 5.74) is 0. The lowest BCUT2D eigenvalue weighted by Crippen LogP contribution is -2.25. The quantitative estimate of drug-likeness (QED) is 0.472. The van der Waals surface area contributed by atoms with E-state index in [1.807, 2.05) is 0 Å². The van der Waals surface area contributed by atoms with Crippen LogP contribution in [-0.4, -0.2) is 24.5 Å². The van der Waals surface area contributed by atoms with Gasteiger partial charge in [-0.05, 0) is 38.9 Å². The summed E-state index contributed by atoms with van der Waals surface area (Å²) in [6, 6.07) is 0. The third-order valence-corrected chi connectivity index (χ3v) is 4.28. The van der Waals surface area contributed by atoms with Crippen molar-refractivity contribution in [2.75, 3.05) is 19.6 Å². The molecule has 0 bridgehead atoms. The number of nitrogens with zero attached hydrogens (tertiary/aromatic N) is 1. The van der Waals surface area contributed by atoms with Gasteiger partial charge in [-0.3, -0.25) is 0 Å². The van der Waals surface area contributed by atoms with Crippen molar-refractivity contribution in [3.8, 4) is 0 Å². The molecule has 0 aliphatic carbocycles. The molecule has 0 aromatic rings. The fourth-order valence-electron chi connectivity index (χ4n) is 3.01. The molecule has 108 valence electrons. The van der Waals surface area contributed by atoms with Gasteiger partial charge < -0.3 is 4.90 Å². The van der Waals surface area contributed by atoms with Gasteiger partial charge in [-0.15, -0.1) is 0 Å². The first-order chi connectivity index (χ1) is 8.93. The summed E-state index contributed by atoms with van der Waals surface area (Å²) in [6.07, 6.45) is 18.9. The molecular formula is C17H35N. The second-order valence-corrected chi connectivity index (χ2v) is 6.08. The van der Waals surface area contributed by atoms with Crippen molar-refractivity contribution >= 4 is 0 Å². The van der Waals surface area contributed by atoms with E-state index in [0.717, 1.165) is 0 Å². The number of hydrogen-bond donors (Lipinski definition) is 0. The van der Waals surface area contributed by atoms with Crippen LogP contribution in [0.25, 0.3) is 0 Å². The van der Waals surface area contributed by atoms with Crippen LogP contribution in [0.5, 0.6) is 0 Å². The summed E-state index contributed by atoms with van der Waals surface area (Å²) in [5, 5.41) is 0. The van der Waals surface area contributed by atoms with E-state index in [2.05, 4.69) is 11.8 Å². The highest BCUT2D eigenvalue weighted by Crippen LogP contribution is 2.12. The van der Waals surface area contributed by atoms with Crippen LogP contribution in [0.3, 0.4) is 0 Å². The van der Waals surface area contributed by atoms with Gasteiger partial charge in [0.05, 0.1) is 0 Å². The Morgan fingerprint density at radius 1 is 0.611 bits per heavy atom. The standard InChI is InChI=1S/C17H35N/c1-2-3-4-5-6-7-8-9-12-15-18-16-13-10-11-14-17-18/h2-17H2,1H3. The maximum Gasteiger partial charge on any atom is -0.00187 e. The molecule has 0 aromatic carbocycles. The minimum absolute atomic E-state index is 1.37. The number of likely N-dealkylation sites (tertiary alicyclic amines) is 1. The maximum absolute atomic E-state index is 2.70. The molecule has 0 spiro atoms. The van der Waals surface area contributed by atoms with Gasteiger partial charge in [-0.1, -0.05) is 71.1 Å². The highest BCUT2D eigenvalue weighted by molar-refractivity contribution is 4.63. The fourth-order valence-corrected chi connectivity index (χ4v) is 3.01. The van der Waals surface area contributed by atoms with E-state index in [1.165, 1.54) is 103 Å². The number of rotatable bonds is 10. The van der Waals surface area contributed by atoms with Crippen LogP contribution in [0.2, 0.25) is 0 Å². The lowest BCUT2D eigenvalue weighted by Gasteiger charge is -2.19. The molecule has 18 heavy (non-hydrogen) atoms. The largest absolute Gasteiger partial charge is 0.303 e. The predicted molar refractivity (Wildman–Crippen MR) is 82.1 cm³/mol. The maximum atomic E-state index is 2.70. The lowest BCUT2D eigenvalue weighted by molar-refractivity contribution is 0.277. The van der Waals surface area contributed by atoms with Gasteiger partial charge >= 0.3 is 0 Å². The van der Waals surface area contributed by atoms with Gasteiger partial charge in [0.25, 0.3) is 0 Å². The van der Waals surface area contributed by atoms with Crippen molar-refractivity contribution in [3.05, 3.63) is 0 Å². The normalized spacial score (nSPS) is 17.8. The van der Waals surface area contributed by atoms with Crippen molar-refractivity contribution in [2.24, 2.45) is 0 Å². The van der Waals surface area contributed by atoms with Crippen LogP contribution < -0.4 is 0 Å². The average molecular weight is 253 g/mol. The number of unbranched alkanes of at least 4 members (excludes halogenated alkanes) is 8. The summed E-state index contributed by atoms with van der Waals surface area (Å²) in [6.45, 7) is 6.41. The Morgan fingerprint density at radius 2 is 1.11 bits per heavy atom. The third kappa shape index (κ3) is 8.97. The minimum Gasteiger partial charge on any atom is -0.303 e. The topological polar surface area (TPSA) is 3.24 Å². The number of hydrogen-bond acceptors (Lipinski definition) is 1. The second kappa shape index (κ2) is 12.0. The molecule has 1 nitrogen and oxygen atoms in total. The first kappa shape index (κ1) is 16.0. The monoisotopic (exact) mass is 253 g/mol.